The van der Waals surface area contributed by atoms with Gasteiger partial charge in [-0.05, 0) is 72.6 Å². The van der Waals surface area contributed by atoms with Crippen molar-refractivity contribution in [1.29, 1.82) is 5.26 Å². The van der Waals surface area contributed by atoms with Crippen molar-refractivity contribution in [2.75, 3.05) is 5.73 Å². The first-order valence-corrected chi connectivity index (χ1v) is 7.65. The van der Waals surface area contributed by atoms with Crippen LogP contribution in [0.1, 0.15) is 5.56 Å². The van der Waals surface area contributed by atoms with Crippen molar-refractivity contribution in [3.63, 3.8) is 0 Å². The second-order valence-corrected chi connectivity index (χ2v) is 6.46. The van der Waals surface area contributed by atoms with Gasteiger partial charge in [0.25, 0.3) is 0 Å². The van der Waals surface area contributed by atoms with Crippen molar-refractivity contribution in [1.82, 2.24) is 4.98 Å². The molecule has 19 heavy (non-hydrogen) atoms. The van der Waals surface area contributed by atoms with Gasteiger partial charge in [-0.2, -0.15) is 5.26 Å². The van der Waals surface area contributed by atoms with Crippen LogP contribution in [0, 0.1) is 14.9 Å². The van der Waals surface area contributed by atoms with E-state index in [1.165, 1.54) is 0 Å². The molecule has 0 saturated heterocycles. The van der Waals surface area contributed by atoms with Gasteiger partial charge >= 0.3 is 0 Å². The van der Waals surface area contributed by atoms with Crippen molar-refractivity contribution < 1.29 is 4.74 Å². The van der Waals surface area contributed by atoms with E-state index in [2.05, 4.69) is 59.4 Å². The van der Waals surface area contributed by atoms with Gasteiger partial charge in [-0.1, -0.05) is 0 Å². The standard InChI is InChI=1S/C12H6Br2IN3O/c13-7-3-8(14)12(18-5-7)19-11-9(15)1-6(4-16)2-10(11)17/h1-3,5H,17H2. The minimum Gasteiger partial charge on any atom is -0.435 e. The number of nitrogens with two attached hydrogens (primary N) is 1. The van der Waals surface area contributed by atoms with Crippen LogP contribution in [0.3, 0.4) is 0 Å². The maximum Gasteiger partial charge on any atom is 0.233 e. The van der Waals surface area contributed by atoms with Gasteiger partial charge in [-0.15, -0.1) is 0 Å². The Labute approximate surface area is 140 Å². The van der Waals surface area contributed by atoms with E-state index in [-0.39, 0.29) is 0 Å². The van der Waals surface area contributed by atoms with Crippen molar-refractivity contribution in [2.45, 2.75) is 0 Å². The van der Waals surface area contributed by atoms with Crippen molar-refractivity contribution in [2.24, 2.45) is 0 Å². The summed E-state index contributed by atoms with van der Waals surface area (Å²) in [5.74, 6) is 0.910. The predicted molar refractivity (Wildman–Crippen MR) is 88.0 cm³/mol. The summed E-state index contributed by atoms with van der Waals surface area (Å²) < 4.78 is 8.01. The molecule has 0 fully saturated rings. The number of nitrogens with zero attached hydrogens (tertiary/aromatic N) is 2. The minimum atomic E-state index is 0.403. The summed E-state index contributed by atoms with van der Waals surface area (Å²) in [6.45, 7) is 0. The Bertz CT molecular complexity index is 662. The highest BCUT2D eigenvalue weighted by atomic mass is 127. The molecular weight excluding hydrogens is 489 g/mol. The average Bonchev–Trinajstić information content (AvgIpc) is 2.35. The van der Waals surface area contributed by atoms with E-state index in [0.29, 0.717) is 27.4 Å². The summed E-state index contributed by atoms with van der Waals surface area (Å²) >= 11 is 8.76. The lowest BCUT2D eigenvalue weighted by atomic mass is 10.2. The maximum absolute atomic E-state index is 8.87. The molecule has 4 nitrogen and oxygen atoms in total. The van der Waals surface area contributed by atoms with Gasteiger partial charge in [0.2, 0.25) is 5.88 Å². The number of pyridine rings is 1. The minimum absolute atomic E-state index is 0.403. The molecule has 1 heterocycles. The summed E-state index contributed by atoms with van der Waals surface area (Å²) in [6.07, 6.45) is 1.63. The zero-order valence-corrected chi connectivity index (χ0v) is 14.7. The molecule has 0 unspecified atom stereocenters. The molecule has 0 aliphatic carbocycles. The van der Waals surface area contributed by atoms with Gasteiger partial charge in [-0.3, -0.25) is 0 Å². The van der Waals surface area contributed by atoms with E-state index >= 15 is 0 Å². The van der Waals surface area contributed by atoms with Gasteiger partial charge < -0.3 is 10.5 Å². The fraction of sp³-hybridized carbons (Fsp3) is 0. The summed E-state index contributed by atoms with van der Waals surface area (Å²) in [5, 5.41) is 8.87. The largest absolute Gasteiger partial charge is 0.435 e. The third-order valence-corrected chi connectivity index (χ3v) is 3.98. The highest BCUT2D eigenvalue weighted by Crippen LogP contribution is 2.36. The lowest BCUT2D eigenvalue weighted by Crippen LogP contribution is -1.97. The van der Waals surface area contributed by atoms with Crippen LogP contribution in [0.2, 0.25) is 0 Å². The lowest BCUT2D eigenvalue weighted by Gasteiger charge is -2.11. The Kier molecular flexibility index (Phi) is 4.65. The average molecular weight is 495 g/mol. The Hall–Kier alpha value is -0.850. The van der Waals surface area contributed by atoms with Gasteiger partial charge in [0.05, 0.1) is 25.4 Å². The number of benzene rings is 1. The van der Waals surface area contributed by atoms with Crippen molar-refractivity contribution in [3.05, 3.63) is 42.5 Å². The van der Waals surface area contributed by atoms with Crippen LogP contribution in [0.15, 0.2) is 33.3 Å². The van der Waals surface area contributed by atoms with Crippen LogP contribution in [-0.2, 0) is 0 Å². The molecule has 1 aromatic carbocycles. The predicted octanol–water partition coefficient (Wildman–Crippen LogP) is 4.46. The molecule has 0 amide bonds. The molecular formula is C12H6Br2IN3O. The van der Waals surface area contributed by atoms with Crippen LogP contribution in [0.5, 0.6) is 11.6 Å². The first kappa shape index (κ1) is 14.6. The molecule has 0 spiro atoms. The fourth-order valence-corrected chi connectivity index (χ4v) is 3.19. The number of aromatic nitrogens is 1. The van der Waals surface area contributed by atoms with E-state index in [4.69, 9.17) is 15.7 Å². The number of anilines is 1. The normalized spacial score (nSPS) is 10.0. The Balaban J connectivity index is 2.41. The SMILES string of the molecule is N#Cc1cc(N)c(Oc2ncc(Br)cc2Br)c(I)c1. The lowest BCUT2D eigenvalue weighted by molar-refractivity contribution is 0.458. The molecule has 2 N–H and O–H groups in total. The molecule has 0 saturated carbocycles. The molecule has 2 aromatic rings. The maximum atomic E-state index is 8.87. The molecule has 0 bridgehead atoms. The number of nitrogen functional groups attached to an aromatic ring is 1. The molecule has 96 valence electrons. The number of hydrogen-bond donors (Lipinski definition) is 1. The number of nitriles is 1. The molecule has 2 rings (SSSR count). The monoisotopic (exact) mass is 493 g/mol. The van der Waals surface area contributed by atoms with E-state index < -0.39 is 0 Å². The topological polar surface area (TPSA) is 71.9 Å². The number of halogens is 3. The van der Waals surface area contributed by atoms with Gasteiger partial charge in [-0.25, -0.2) is 4.98 Å². The Morgan fingerprint density at radius 1 is 1.32 bits per heavy atom. The van der Waals surface area contributed by atoms with Gasteiger partial charge in [0.15, 0.2) is 5.75 Å². The van der Waals surface area contributed by atoms with E-state index in [1.54, 1.807) is 18.3 Å². The fourth-order valence-electron chi connectivity index (χ4n) is 1.36. The highest BCUT2D eigenvalue weighted by Gasteiger charge is 2.12. The van der Waals surface area contributed by atoms with Crippen LogP contribution in [-0.4, -0.2) is 4.98 Å². The van der Waals surface area contributed by atoms with Crippen LogP contribution in [0.25, 0.3) is 0 Å². The number of rotatable bonds is 2. The van der Waals surface area contributed by atoms with Crippen LogP contribution < -0.4 is 10.5 Å². The second kappa shape index (κ2) is 6.07. The molecule has 0 aliphatic heterocycles. The summed E-state index contributed by atoms with van der Waals surface area (Å²) in [7, 11) is 0. The smallest absolute Gasteiger partial charge is 0.233 e. The Morgan fingerprint density at radius 3 is 2.63 bits per heavy atom. The summed E-state index contributed by atoms with van der Waals surface area (Å²) in [4.78, 5) is 4.16. The third-order valence-electron chi connectivity index (χ3n) is 2.17. The summed E-state index contributed by atoms with van der Waals surface area (Å²) in [5.41, 5.74) is 6.79. The van der Waals surface area contributed by atoms with Crippen LogP contribution in [0.4, 0.5) is 5.69 Å². The molecule has 0 aliphatic rings. The summed E-state index contributed by atoms with van der Waals surface area (Å²) in [6, 6.07) is 7.16. The van der Waals surface area contributed by atoms with Crippen molar-refractivity contribution >= 4 is 60.1 Å². The molecule has 7 heteroatoms. The number of ether oxygens (including phenoxy) is 1. The van der Waals surface area contributed by atoms with Crippen molar-refractivity contribution in [3.8, 4) is 17.7 Å². The quantitative estimate of drug-likeness (QED) is 0.494. The Morgan fingerprint density at radius 2 is 2.05 bits per heavy atom. The molecule has 0 atom stereocenters. The molecule has 1 aromatic heterocycles. The first-order chi connectivity index (χ1) is 9.01. The van der Waals surface area contributed by atoms with E-state index in [1.807, 2.05) is 12.1 Å². The second-order valence-electron chi connectivity index (χ2n) is 3.53. The highest BCUT2D eigenvalue weighted by molar-refractivity contribution is 14.1. The molecule has 0 radical (unpaired) electrons. The van der Waals surface area contributed by atoms with Crippen LogP contribution >= 0.6 is 54.5 Å². The van der Waals surface area contributed by atoms with E-state index in [9.17, 15) is 0 Å². The van der Waals surface area contributed by atoms with Gasteiger partial charge in [0.1, 0.15) is 0 Å². The zero-order valence-electron chi connectivity index (χ0n) is 9.32. The number of hydrogen-bond acceptors (Lipinski definition) is 4. The van der Waals surface area contributed by atoms with Gasteiger partial charge in [0, 0.05) is 10.7 Å². The third kappa shape index (κ3) is 3.38. The zero-order chi connectivity index (χ0) is 14.0. The first-order valence-electron chi connectivity index (χ1n) is 4.99. The van der Waals surface area contributed by atoms with E-state index in [0.717, 1.165) is 8.04 Å².